The summed E-state index contributed by atoms with van der Waals surface area (Å²) in [7, 11) is 0. The first-order valence-electron chi connectivity index (χ1n) is 23.6. The summed E-state index contributed by atoms with van der Waals surface area (Å²) in [4.78, 5) is 19.2. The van der Waals surface area contributed by atoms with Gasteiger partial charge in [0.25, 0.3) is 0 Å². The first kappa shape index (κ1) is 50.1. The molecule has 0 aromatic carbocycles. The topological polar surface area (TPSA) is 257 Å². The van der Waals surface area contributed by atoms with Crippen LogP contribution in [0.2, 0.25) is 0 Å². The molecule has 0 radical (unpaired) electrons. The van der Waals surface area contributed by atoms with Crippen molar-refractivity contribution in [2.24, 2.45) is 5.73 Å². The Bertz CT molecular complexity index is 3300. The molecule has 0 amide bonds. The summed E-state index contributed by atoms with van der Waals surface area (Å²) in [6.07, 6.45) is 11.0. The molecule has 4 fully saturated rings. The van der Waals surface area contributed by atoms with Gasteiger partial charge in [-0.05, 0) is 102 Å². The Labute approximate surface area is 429 Å². The highest BCUT2D eigenvalue weighted by atomic mass is 35.5. The monoisotopic (exact) mass is 1020 g/mol. The number of ether oxygens (including phenoxy) is 2. The Kier molecular flexibility index (Phi) is 15.2. The molecule has 22 heteroatoms. The zero-order valence-electron chi connectivity index (χ0n) is 40.0. The third-order valence-corrected chi connectivity index (χ3v) is 14.7. The van der Waals surface area contributed by atoms with E-state index in [-0.39, 0.29) is 36.3 Å². The van der Waals surface area contributed by atoms with Gasteiger partial charge in [0.05, 0.1) is 87.7 Å². The van der Waals surface area contributed by atoms with Crippen LogP contribution in [0.4, 0.5) is 11.4 Å². The maximum absolute atomic E-state index is 9.77. The predicted octanol–water partition coefficient (Wildman–Crippen LogP) is 7.66. The van der Waals surface area contributed by atoms with E-state index in [1.54, 1.807) is 39.6 Å². The van der Waals surface area contributed by atoms with Gasteiger partial charge < -0.3 is 31.2 Å². The molecule has 0 spiro atoms. The summed E-state index contributed by atoms with van der Waals surface area (Å²) in [5.74, 6) is 1.10. The number of ketones is 1. The summed E-state index contributed by atoms with van der Waals surface area (Å²) in [6.45, 7) is 10.8. The molecular formula is C50H53ClN16O3S2. The van der Waals surface area contributed by atoms with E-state index in [4.69, 9.17) is 31.0 Å². The van der Waals surface area contributed by atoms with E-state index in [9.17, 15) is 4.79 Å². The molecule has 12 rings (SSSR count). The molecule has 19 nitrogen and oxygen atoms in total. The van der Waals surface area contributed by atoms with Gasteiger partial charge >= 0.3 is 0 Å². The van der Waals surface area contributed by atoms with Crippen LogP contribution in [0.25, 0.3) is 55.0 Å². The molecule has 0 bridgehead atoms. The second-order valence-corrected chi connectivity index (χ2v) is 20.8. The lowest BCUT2D eigenvalue weighted by Crippen LogP contribution is -2.53. The van der Waals surface area contributed by atoms with Gasteiger partial charge in [0.1, 0.15) is 35.4 Å². The van der Waals surface area contributed by atoms with Crippen LogP contribution < -0.4 is 21.7 Å². The molecule has 8 aromatic heterocycles. The molecule has 5 N–H and O–H groups in total. The normalized spacial score (nSPS) is 19.0. The number of nitrogens with two attached hydrogens (primary N) is 1. The lowest BCUT2D eigenvalue weighted by atomic mass is 9.80. The van der Waals surface area contributed by atoms with Crippen molar-refractivity contribution < 1.29 is 14.3 Å². The molecule has 2 aliphatic heterocycles. The Morgan fingerprint density at radius 2 is 1.14 bits per heavy atom. The maximum atomic E-state index is 9.77. The van der Waals surface area contributed by atoms with Crippen LogP contribution in [0, 0.1) is 22.7 Å². The number of nitrogens with zero attached hydrogens (tertiary/aromatic N) is 12. The van der Waals surface area contributed by atoms with Gasteiger partial charge in [-0.2, -0.15) is 20.7 Å². The van der Waals surface area contributed by atoms with Crippen molar-refractivity contribution in [3.63, 3.8) is 0 Å². The minimum atomic E-state index is 0. The first-order chi connectivity index (χ1) is 34.5. The standard InChI is InChI=1S/C25H26N8OS.C22H22N8S.C3H4O2.ClH/c1-14(2)29-21-8-22(23-4-3-19-5-15(9-26)10-28-33(19)23)27-11-20(21)25-32-31-24(35-25)16-6-17(7-16)30-18-12-34-13-18;1-12(2)27-18-8-19(20-4-3-16-5-13(9-23)10-26-30(16)20)25-11-17(18)22-29-28-21(31-22)14-6-15(24)7-14;4-3-1-5-2-3;/h3-5,8,10-11,14,16-18,30H,6-7,12-13H2,1-2H3,(H,27,29);3-5,8,10-12,14-15H,6-7,24H2,1-2H3,(H,25,27);1-2H2;1H. The molecular weight excluding hydrogens is 972 g/mol. The van der Waals surface area contributed by atoms with E-state index >= 15 is 0 Å². The van der Waals surface area contributed by atoms with E-state index in [0.29, 0.717) is 48.3 Å². The van der Waals surface area contributed by atoms with Gasteiger partial charge in [0.2, 0.25) is 0 Å². The van der Waals surface area contributed by atoms with E-state index in [1.165, 1.54) is 0 Å². The fraction of sp³-hybridized carbons (Fsp3) is 0.380. The van der Waals surface area contributed by atoms with Gasteiger partial charge in [-0.15, -0.1) is 32.8 Å². The fourth-order valence-electron chi connectivity index (χ4n) is 8.59. The second kappa shape index (κ2) is 21.9. The van der Waals surface area contributed by atoms with Crippen LogP contribution >= 0.6 is 35.1 Å². The molecule has 370 valence electrons. The van der Waals surface area contributed by atoms with Crippen molar-refractivity contribution in [2.75, 3.05) is 37.1 Å². The molecule has 0 unspecified atom stereocenters. The fourth-order valence-corrected chi connectivity index (χ4v) is 10.6. The maximum Gasteiger partial charge on any atom is 0.184 e. The number of carbonyl (C=O) groups is 1. The SMILES string of the molecule is CC(C)Nc1cc(-c2ccc3cc(C#N)cnn23)ncc1-c1nnc(C2CC(N)C2)s1.CC(C)Nc1cc(-c2ccc3cc(C#N)cnn23)ncc1-c1nnc(C2CC(NC3COC3)C2)s1.Cl.O=C1COC1. The van der Waals surface area contributed by atoms with Gasteiger partial charge in [0, 0.05) is 59.8 Å². The third-order valence-electron chi connectivity index (χ3n) is 12.5. The average molecular weight is 1030 g/mol. The van der Waals surface area contributed by atoms with Crippen LogP contribution in [-0.2, 0) is 14.3 Å². The summed E-state index contributed by atoms with van der Waals surface area (Å²) in [6, 6.07) is 21.6. The lowest BCUT2D eigenvalue weighted by Gasteiger charge is -2.39. The number of fused-ring (bicyclic) bond motifs is 2. The van der Waals surface area contributed by atoms with Crippen molar-refractivity contribution in [1.82, 2.24) is 54.9 Å². The molecule has 0 atom stereocenters. The Balaban J connectivity index is 0.000000161. The summed E-state index contributed by atoms with van der Waals surface area (Å²) >= 11 is 3.28. The van der Waals surface area contributed by atoms with Crippen LogP contribution in [0.5, 0.6) is 0 Å². The van der Waals surface area contributed by atoms with Gasteiger partial charge in [-0.25, -0.2) is 9.03 Å². The third kappa shape index (κ3) is 11.0. The van der Waals surface area contributed by atoms with Gasteiger partial charge in [-0.1, -0.05) is 22.7 Å². The van der Waals surface area contributed by atoms with E-state index in [2.05, 4.69) is 91.1 Å². The number of nitriles is 2. The number of nitrogens with one attached hydrogen (secondary N) is 3. The Morgan fingerprint density at radius 3 is 1.53 bits per heavy atom. The number of anilines is 2. The number of halogens is 1. The van der Waals surface area contributed by atoms with Crippen molar-refractivity contribution in [3.8, 4) is 56.1 Å². The summed E-state index contributed by atoms with van der Waals surface area (Å²) < 4.78 is 13.3. The largest absolute Gasteiger partial charge is 0.382 e. The van der Waals surface area contributed by atoms with Gasteiger partial charge in [-0.3, -0.25) is 14.8 Å². The van der Waals surface area contributed by atoms with Crippen molar-refractivity contribution in [2.45, 2.75) is 95.4 Å². The zero-order chi connectivity index (χ0) is 49.2. The van der Waals surface area contributed by atoms with Gasteiger partial charge in [0.15, 0.2) is 15.8 Å². The van der Waals surface area contributed by atoms with Crippen LogP contribution in [0.1, 0.15) is 86.4 Å². The minimum Gasteiger partial charge on any atom is -0.382 e. The molecule has 2 saturated heterocycles. The number of aromatic nitrogens is 10. The molecule has 2 saturated carbocycles. The quantitative estimate of drug-likeness (QED) is 0.0916. The van der Waals surface area contributed by atoms with E-state index in [1.807, 2.05) is 65.4 Å². The Morgan fingerprint density at radius 1 is 0.667 bits per heavy atom. The first-order valence-corrected chi connectivity index (χ1v) is 25.3. The molecule has 10 heterocycles. The number of carbonyl (C=O) groups excluding carboxylic acids is 1. The molecule has 2 aliphatic carbocycles. The van der Waals surface area contributed by atoms with Crippen LogP contribution in [0.3, 0.4) is 0 Å². The highest BCUT2D eigenvalue weighted by molar-refractivity contribution is 7.15. The van der Waals surface area contributed by atoms with Crippen molar-refractivity contribution >= 4 is 63.3 Å². The van der Waals surface area contributed by atoms with Crippen LogP contribution in [-0.4, -0.2) is 112 Å². The van der Waals surface area contributed by atoms with E-state index < -0.39 is 0 Å². The smallest absolute Gasteiger partial charge is 0.184 e. The summed E-state index contributed by atoms with van der Waals surface area (Å²) in [5.41, 5.74) is 15.8. The zero-order valence-corrected chi connectivity index (χ0v) is 42.5. The van der Waals surface area contributed by atoms with E-state index in [0.717, 1.165) is 115 Å². The predicted molar refractivity (Wildman–Crippen MR) is 278 cm³/mol. The van der Waals surface area contributed by atoms with Crippen molar-refractivity contribution in [1.29, 1.82) is 10.5 Å². The number of hydrogen-bond donors (Lipinski definition) is 4. The minimum absolute atomic E-state index is 0. The highest BCUT2D eigenvalue weighted by Crippen LogP contribution is 2.43. The second-order valence-electron chi connectivity index (χ2n) is 18.8. The number of hydrogen-bond acceptors (Lipinski definition) is 19. The average Bonchev–Trinajstić information content (AvgIpc) is 4.16. The molecule has 4 aliphatic rings. The van der Waals surface area contributed by atoms with Crippen molar-refractivity contribution in [3.05, 3.63) is 94.5 Å². The molecule has 8 aromatic rings. The molecule has 72 heavy (non-hydrogen) atoms. The summed E-state index contributed by atoms with van der Waals surface area (Å²) in [5, 5.41) is 59.6. The number of rotatable bonds is 12. The highest BCUT2D eigenvalue weighted by Gasteiger charge is 2.36. The number of pyridine rings is 2. The number of Topliss-reactive ketones (excluding diaryl/α,β-unsaturated/α-hetero) is 1. The Hall–Kier alpha value is -6.82. The lowest BCUT2D eigenvalue weighted by molar-refractivity contribution is -0.140. The van der Waals surface area contributed by atoms with Crippen LogP contribution in [0.15, 0.2) is 73.3 Å².